The Bertz CT molecular complexity index is 979. The van der Waals surface area contributed by atoms with Gasteiger partial charge in [0, 0.05) is 12.1 Å². The van der Waals surface area contributed by atoms with Crippen LogP contribution in [-0.2, 0) is 0 Å². The Balaban J connectivity index is 1.68. The summed E-state index contributed by atoms with van der Waals surface area (Å²) in [6.45, 7) is 0. The van der Waals surface area contributed by atoms with Crippen LogP contribution in [0.4, 0.5) is 14.6 Å². The third-order valence-corrected chi connectivity index (χ3v) is 5.26. The standard InChI is InChI=1S/C18H18F2N4O3/c19-9-3-1-8(2-4-9)14(25)10-5-12(16(27)15(10)26)24-6-11(20)13-17(21)22-7-23-18(13)24/h1-4,6-7,10,12,14-16,25-27H,5H2,(H2,21,22,23)/t10-,12-,14-,15-,16+/m1/s1. The molecule has 27 heavy (non-hydrogen) atoms. The fourth-order valence-corrected chi connectivity index (χ4v) is 3.85. The molecule has 0 spiro atoms. The third kappa shape index (κ3) is 2.84. The first-order valence-corrected chi connectivity index (χ1v) is 8.44. The predicted molar refractivity (Wildman–Crippen MR) is 92.4 cm³/mol. The summed E-state index contributed by atoms with van der Waals surface area (Å²) in [5, 5.41) is 31.6. The van der Waals surface area contributed by atoms with Gasteiger partial charge in [-0.05, 0) is 24.1 Å². The quantitative estimate of drug-likeness (QED) is 0.548. The highest BCUT2D eigenvalue weighted by Crippen LogP contribution is 2.43. The van der Waals surface area contributed by atoms with Crippen molar-refractivity contribution in [3.8, 4) is 0 Å². The maximum absolute atomic E-state index is 14.3. The lowest BCUT2D eigenvalue weighted by Gasteiger charge is -2.22. The number of rotatable bonds is 3. The van der Waals surface area contributed by atoms with E-state index in [-0.39, 0.29) is 23.3 Å². The molecule has 5 N–H and O–H groups in total. The van der Waals surface area contributed by atoms with Gasteiger partial charge in [0.2, 0.25) is 0 Å². The minimum Gasteiger partial charge on any atom is -0.390 e. The van der Waals surface area contributed by atoms with E-state index in [1.165, 1.54) is 35.2 Å². The molecule has 2 heterocycles. The van der Waals surface area contributed by atoms with Gasteiger partial charge in [-0.2, -0.15) is 0 Å². The number of hydrogen-bond donors (Lipinski definition) is 4. The van der Waals surface area contributed by atoms with Gasteiger partial charge in [0.25, 0.3) is 0 Å². The van der Waals surface area contributed by atoms with Crippen molar-refractivity contribution in [1.29, 1.82) is 0 Å². The van der Waals surface area contributed by atoms with Crippen molar-refractivity contribution in [3.05, 3.63) is 54.0 Å². The van der Waals surface area contributed by atoms with Gasteiger partial charge in [-0.15, -0.1) is 0 Å². The van der Waals surface area contributed by atoms with Gasteiger partial charge in [-0.1, -0.05) is 12.1 Å². The molecule has 0 bridgehead atoms. The number of nitrogens with zero attached hydrogens (tertiary/aromatic N) is 3. The van der Waals surface area contributed by atoms with Crippen molar-refractivity contribution >= 4 is 16.9 Å². The zero-order chi connectivity index (χ0) is 19.3. The number of benzene rings is 1. The van der Waals surface area contributed by atoms with E-state index in [1.54, 1.807) is 0 Å². The van der Waals surface area contributed by atoms with E-state index < -0.39 is 41.9 Å². The number of nitrogens with two attached hydrogens (primary N) is 1. The van der Waals surface area contributed by atoms with Crippen molar-refractivity contribution < 1.29 is 24.1 Å². The number of aliphatic hydroxyl groups is 3. The van der Waals surface area contributed by atoms with Gasteiger partial charge in [0.05, 0.1) is 23.6 Å². The highest BCUT2D eigenvalue weighted by atomic mass is 19.1. The Hall–Kier alpha value is -2.62. The highest BCUT2D eigenvalue weighted by molar-refractivity contribution is 5.86. The molecule has 5 atom stereocenters. The van der Waals surface area contributed by atoms with E-state index in [1.807, 2.05) is 0 Å². The first-order valence-electron chi connectivity index (χ1n) is 8.44. The Morgan fingerprint density at radius 3 is 2.52 bits per heavy atom. The molecule has 4 rings (SSSR count). The van der Waals surface area contributed by atoms with Crippen LogP contribution >= 0.6 is 0 Å². The van der Waals surface area contributed by atoms with Gasteiger partial charge in [-0.3, -0.25) is 0 Å². The molecule has 0 aliphatic heterocycles. The molecule has 0 saturated heterocycles. The molecule has 0 unspecified atom stereocenters. The predicted octanol–water partition coefficient (Wildman–Crippen LogP) is 1.31. The van der Waals surface area contributed by atoms with Crippen LogP contribution in [0.15, 0.2) is 36.8 Å². The van der Waals surface area contributed by atoms with Crippen LogP contribution in [0.25, 0.3) is 11.0 Å². The maximum atomic E-state index is 14.3. The van der Waals surface area contributed by atoms with Gasteiger partial charge < -0.3 is 25.6 Å². The summed E-state index contributed by atoms with van der Waals surface area (Å²) in [5.74, 6) is -1.82. The highest BCUT2D eigenvalue weighted by Gasteiger charge is 2.46. The summed E-state index contributed by atoms with van der Waals surface area (Å²) in [7, 11) is 0. The first kappa shape index (κ1) is 17.8. The van der Waals surface area contributed by atoms with E-state index in [0.717, 1.165) is 6.20 Å². The van der Waals surface area contributed by atoms with E-state index >= 15 is 0 Å². The normalized spacial score (nSPS) is 26.6. The van der Waals surface area contributed by atoms with Crippen molar-refractivity contribution in [2.75, 3.05) is 5.73 Å². The van der Waals surface area contributed by atoms with E-state index in [2.05, 4.69) is 9.97 Å². The molecule has 1 aromatic carbocycles. The van der Waals surface area contributed by atoms with E-state index in [4.69, 9.17) is 5.73 Å². The summed E-state index contributed by atoms with van der Waals surface area (Å²) >= 11 is 0. The van der Waals surface area contributed by atoms with Gasteiger partial charge >= 0.3 is 0 Å². The largest absolute Gasteiger partial charge is 0.390 e. The average molecular weight is 376 g/mol. The summed E-state index contributed by atoms with van der Waals surface area (Å²) in [6.07, 6.45) is -1.12. The van der Waals surface area contributed by atoms with Crippen molar-refractivity contribution in [1.82, 2.24) is 14.5 Å². The molecular weight excluding hydrogens is 358 g/mol. The second-order valence-corrected chi connectivity index (χ2v) is 6.79. The monoisotopic (exact) mass is 376 g/mol. The Labute approximate surface area is 152 Å². The van der Waals surface area contributed by atoms with Crippen LogP contribution in [-0.4, -0.2) is 42.1 Å². The molecule has 142 valence electrons. The zero-order valence-electron chi connectivity index (χ0n) is 14.1. The number of anilines is 1. The third-order valence-electron chi connectivity index (χ3n) is 5.26. The van der Waals surface area contributed by atoms with E-state index in [0.29, 0.717) is 5.56 Å². The second kappa shape index (κ2) is 6.52. The molecule has 0 radical (unpaired) electrons. The molecular formula is C18H18F2N4O3. The fourth-order valence-electron chi connectivity index (χ4n) is 3.85. The number of hydrogen-bond acceptors (Lipinski definition) is 6. The number of nitrogen functional groups attached to an aromatic ring is 1. The van der Waals surface area contributed by atoms with E-state index in [9.17, 15) is 24.1 Å². The van der Waals surface area contributed by atoms with Gasteiger partial charge in [0.1, 0.15) is 29.7 Å². The number of aromatic nitrogens is 3. The lowest BCUT2D eigenvalue weighted by molar-refractivity contribution is -0.0265. The van der Waals surface area contributed by atoms with Gasteiger partial charge in [0.15, 0.2) is 5.82 Å². The molecule has 1 aliphatic carbocycles. The maximum Gasteiger partial charge on any atom is 0.154 e. The zero-order valence-corrected chi connectivity index (χ0v) is 14.1. The van der Waals surface area contributed by atoms with Gasteiger partial charge in [-0.25, -0.2) is 18.7 Å². The molecule has 1 aliphatic rings. The number of aliphatic hydroxyl groups excluding tert-OH is 3. The first-order chi connectivity index (χ1) is 12.9. The molecule has 1 saturated carbocycles. The van der Waals surface area contributed by atoms with Crippen LogP contribution in [0.2, 0.25) is 0 Å². The molecule has 2 aromatic heterocycles. The van der Waals surface area contributed by atoms with Crippen LogP contribution in [0, 0.1) is 17.6 Å². The lowest BCUT2D eigenvalue weighted by atomic mass is 9.92. The number of fused-ring (bicyclic) bond motifs is 1. The summed E-state index contributed by atoms with van der Waals surface area (Å²) in [4.78, 5) is 7.80. The minimum atomic E-state index is -1.25. The average Bonchev–Trinajstić information content (AvgIpc) is 3.13. The van der Waals surface area contributed by atoms with Crippen LogP contribution in [0.1, 0.15) is 24.1 Å². The van der Waals surface area contributed by atoms with Crippen LogP contribution in [0.5, 0.6) is 0 Å². The van der Waals surface area contributed by atoms with Crippen LogP contribution < -0.4 is 5.73 Å². The van der Waals surface area contributed by atoms with Crippen molar-refractivity contribution in [2.45, 2.75) is 30.8 Å². The SMILES string of the molecule is Nc1ncnc2c1c(F)cn2[C@@H]1C[C@H]([C@H](O)c2ccc(F)cc2)[C@@H](O)[C@H]1O. The Kier molecular flexibility index (Phi) is 4.29. The van der Waals surface area contributed by atoms with Crippen molar-refractivity contribution in [3.63, 3.8) is 0 Å². The summed E-state index contributed by atoms with van der Waals surface area (Å²) < 4.78 is 28.8. The number of halogens is 2. The Morgan fingerprint density at radius 1 is 1.11 bits per heavy atom. The second-order valence-electron chi connectivity index (χ2n) is 6.79. The summed E-state index contributed by atoms with van der Waals surface area (Å²) in [6, 6.07) is 4.54. The Morgan fingerprint density at radius 2 is 1.81 bits per heavy atom. The molecule has 3 aromatic rings. The molecule has 7 nitrogen and oxygen atoms in total. The molecule has 9 heteroatoms. The molecule has 1 fully saturated rings. The van der Waals surface area contributed by atoms with Crippen molar-refractivity contribution in [2.24, 2.45) is 5.92 Å². The lowest BCUT2D eigenvalue weighted by Crippen LogP contribution is -2.31. The summed E-state index contributed by atoms with van der Waals surface area (Å²) in [5.41, 5.74) is 6.33. The van der Waals surface area contributed by atoms with Crippen LogP contribution in [0.3, 0.4) is 0 Å². The molecule has 0 amide bonds. The smallest absolute Gasteiger partial charge is 0.154 e. The topological polar surface area (TPSA) is 117 Å². The minimum absolute atomic E-state index is 0.0211. The fraction of sp³-hybridized carbons (Fsp3) is 0.333.